The van der Waals surface area contributed by atoms with Crippen LogP contribution in [0.3, 0.4) is 0 Å². The lowest BCUT2D eigenvalue weighted by atomic mass is 10.0. The SMILES string of the molecule is CCC(NCC(C)(C)O)c1ccc(Cl)cc1Cl. The van der Waals surface area contributed by atoms with Crippen LogP contribution in [0.2, 0.25) is 10.0 Å². The third-order valence-electron chi connectivity index (χ3n) is 2.53. The number of aliphatic hydroxyl groups is 1. The average molecular weight is 276 g/mol. The van der Waals surface area contributed by atoms with Gasteiger partial charge in [-0.1, -0.05) is 36.2 Å². The molecule has 1 aromatic carbocycles. The molecule has 2 N–H and O–H groups in total. The summed E-state index contributed by atoms with van der Waals surface area (Å²) in [6.45, 7) is 6.14. The normalized spacial score (nSPS) is 13.8. The monoisotopic (exact) mass is 275 g/mol. The highest BCUT2D eigenvalue weighted by atomic mass is 35.5. The van der Waals surface area contributed by atoms with Crippen molar-refractivity contribution in [2.24, 2.45) is 0 Å². The molecule has 0 aromatic heterocycles. The molecule has 0 aliphatic rings. The molecule has 0 fully saturated rings. The molecular weight excluding hydrogens is 257 g/mol. The van der Waals surface area contributed by atoms with E-state index in [1.54, 1.807) is 19.9 Å². The number of hydrogen-bond acceptors (Lipinski definition) is 2. The van der Waals surface area contributed by atoms with Gasteiger partial charge in [0.25, 0.3) is 0 Å². The van der Waals surface area contributed by atoms with Crippen molar-refractivity contribution in [1.29, 1.82) is 0 Å². The molecule has 0 aliphatic carbocycles. The van der Waals surface area contributed by atoms with Crippen molar-refractivity contribution >= 4 is 23.2 Å². The van der Waals surface area contributed by atoms with E-state index in [0.717, 1.165) is 12.0 Å². The molecule has 17 heavy (non-hydrogen) atoms. The standard InChI is InChI=1S/C13H19Cl2NO/c1-4-12(16-8-13(2,3)17)10-6-5-9(14)7-11(10)15/h5-7,12,16-17H,4,8H2,1-3H3. The lowest BCUT2D eigenvalue weighted by Gasteiger charge is -2.24. The first-order chi connectivity index (χ1) is 7.83. The molecule has 1 rings (SSSR count). The van der Waals surface area contributed by atoms with Gasteiger partial charge in [0.2, 0.25) is 0 Å². The van der Waals surface area contributed by atoms with Crippen LogP contribution in [0.15, 0.2) is 18.2 Å². The average Bonchev–Trinajstić information content (AvgIpc) is 2.19. The van der Waals surface area contributed by atoms with Crippen molar-refractivity contribution in [2.45, 2.75) is 38.8 Å². The molecule has 0 amide bonds. The van der Waals surface area contributed by atoms with Gasteiger partial charge in [-0.05, 0) is 38.0 Å². The quantitative estimate of drug-likeness (QED) is 0.857. The number of rotatable bonds is 5. The minimum absolute atomic E-state index is 0.131. The maximum Gasteiger partial charge on any atom is 0.0715 e. The van der Waals surface area contributed by atoms with Gasteiger partial charge in [0, 0.05) is 22.6 Å². The second-order valence-corrected chi connectivity index (χ2v) is 5.66. The fourth-order valence-corrected chi connectivity index (χ4v) is 2.17. The molecule has 0 radical (unpaired) electrons. The van der Waals surface area contributed by atoms with Crippen LogP contribution in [0.4, 0.5) is 0 Å². The van der Waals surface area contributed by atoms with Crippen LogP contribution < -0.4 is 5.32 Å². The topological polar surface area (TPSA) is 32.3 Å². The first-order valence-corrected chi connectivity index (χ1v) is 6.50. The van der Waals surface area contributed by atoms with Crippen molar-refractivity contribution in [2.75, 3.05) is 6.54 Å². The highest BCUT2D eigenvalue weighted by Crippen LogP contribution is 2.28. The Labute approximate surface area is 113 Å². The maximum atomic E-state index is 9.71. The molecule has 0 spiro atoms. The third kappa shape index (κ3) is 4.84. The van der Waals surface area contributed by atoms with Crippen molar-refractivity contribution < 1.29 is 5.11 Å². The van der Waals surface area contributed by atoms with Crippen LogP contribution >= 0.6 is 23.2 Å². The van der Waals surface area contributed by atoms with E-state index >= 15 is 0 Å². The molecular formula is C13H19Cl2NO. The predicted octanol–water partition coefficient (Wildman–Crippen LogP) is 3.81. The summed E-state index contributed by atoms with van der Waals surface area (Å²) >= 11 is 12.0. The van der Waals surface area contributed by atoms with Crippen molar-refractivity contribution in [3.63, 3.8) is 0 Å². The Morgan fingerprint density at radius 3 is 2.47 bits per heavy atom. The predicted molar refractivity (Wildman–Crippen MR) is 73.8 cm³/mol. The largest absolute Gasteiger partial charge is 0.389 e. The summed E-state index contributed by atoms with van der Waals surface area (Å²) in [5, 5.41) is 14.3. The molecule has 1 atom stereocenters. The van der Waals surface area contributed by atoms with E-state index in [0.29, 0.717) is 16.6 Å². The highest BCUT2D eigenvalue weighted by Gasteiger charge is 2.17. The lowest BCUT2D eigenvalue weighted by molar-refractivity contribution is 0.0762. The van der Waals surface area contributed by atoms with E-state index < -0.39 is 5.60 Å². The Morgan fingerprint density at radius 2 is 2.00 bits per heavy atom. The van der Waals surface area contributed by atoms with Crippen LogP contribution in [0.5, 0.6) is 0 Å². The minimum Gasteiger partial charge on any atom is -0.389 e. The zero-order valence-electron chi connectivity index (χ0n) is 10.4. The molecule has 0 saturated carbocycles. The minimum atomic E-state index is -0.730. The van der Waals surface area contributed by atoms with E-state index in [-0.39, 0.29) is 6.04 Å². The van der Waals surface area contributed by atoms with Crippen LogP contribution in [0, 0.1) is 0 Å². The molecule has 4 heteroatoms. The second-order valence-electron chi connectivity index (χ2n) is 4.82. The van der Waals surface area contributed by atoms with Gasteiger partial charge in [0.1, 0.15) is 0 Å². The molecule has 96 valence electrons. The van der Waals surface area contributed by atoms with Gasteiger partial charge in [-0.3, -0.25) is 0 Å². The van der Waals surface area contributed by atoms with Crippen LogP contribution in [-0.4, -0.2) is 17.3 Å². The summed E-state index contributed by atoms with van der Waals surface area (Å²) in [5.74, 6) is 0. The van der Waals surface area contributed by atoms with Gasteiger partial charge in [0.15, 0.2) is 0 Å². The highest BCUT2D eigenvalue weighted by molar-refractivity contribution is 6.35. The smallest absolute Gasteiger partial charge is 0.0715 e. The first kappa shape index (κ1) is 14.8. The molecule has 0 aliphatic heterocycles. The van der Waals surface area contributed by atoms with Gasteiger partial charge in [-0.25, -0.2) is 0 Å². The van der Waals surface area contributed by atoms with Gasteiger partial charge >= 0.3 is 0 Å². The number of benzene rings is 1. The summed E-state index contributed by atoms with van der Waals surface area (Å²) in [6.07, 6.45) is 0.900. The Balaban J connectivity index is 2.79. The molecule has 1 unspecified atom stereocenters. The molecule has 0 saturated heterocycles. The van der Waals surface area contributed by atoms with E-state index in [1.165, 1.54) is 0 Å². The number of nitrogens with one attached hydrogen (secondary N) is 1. The number of hydrogen-bond donors (Lipinski definition) is 2. The van der Waals surface area contributed by atoms with Gasteiger partial charge in [0.05, 0.1) is 5.60 Å². The van der Waals surface area contributed by atoms with E-state index in [4.69, 9.17) is 23.2 Å². The summed E-state index contributed by atoms with van der Waals surface area (Å²) < 4.78 is 0. The fraction of sp³-hybridized carbons (Fsp3) is 0.538. The van der Waals surface area contributed by atoms with Crippen molar-refractivity contribution in [1.82, 2.24) is 5.32 Å². The maximum absolute atomic E-state index is 9.71. The van der Waals surface area contributed by atoms with Crippen LogP contribution in [0.1, 0.15) is 38.8 Å². The van der Waals surface area contributed by atoms with E-state index in [9.17, 15) is 5.11 Å². The fourth-order valence-electron chi connectivity index (χ4n) is 1.63. The Hall–Kier alpha value is -0.280. The first-order valence-electron chi connectivity index (χ1n) is 5.74. The van der Waals surface area contributed by atoms with Gasteiger partial charge in [-0.2, -0.15) is 0 Å². The molecule has 0 bridgehead atoms. The lowest BCUT2D eigenvalue weighted by Crippen LogP contribution is -2.36. The van der Waals surface area contributed by atoms with Crippen molar-refractivity contribution in [3.05, 3.63) is 33.8 Å². The number of halogens is 2. The van der Waals surface area contributed by atoms with Crippen LogP contribution in [0.25, 0.3) is 0 Å². The Kier molecular flexibility index (Phi) is 5.26. The molecule has 2 nitrogen and oxygen atoms in total. The Bertz CT molecular complexity index is 374. The summed E-state index contributed by atoms with van der Waals surface area (Å²) in [4.78, 5) is 0. The third-order valence-corrected chi connectivity index (χ3v) is 3.09. The summed E-state index contributed by atoms with van der Waals surface area (Å²) in [6, 6.07) is 5.63. The van der Waals surface area contributed by atoms with Crippen molar-refractivity contribution in [3.8, 4) is 0 Å². The zero-order chi connectivity index (χ0) is 13.1. The van der Waals surface area contributed by atoms with Crippen LogP contribution in [-0.2, 0) is 0 Å². The second kappa shape index (κ2) is 6.05. The molecule has 0 heterocycles. The molecule has 1 aromatic rings. The van der Waals surface area contributed by atoms with E-state index in [1.807, 2.05) is 12.1 Å². The van der Waals surface area contributed by atoms with Gasteiger partial charge < -0.3 is 10.4 Å². The van der Waals surface area contributed by atoms with E-state index in [2.05, 4.69) is 12.2 Å². The Morgan fingerprint density at radius 1 is 1.35 bits per heavy atom. The zero-order valence-corrected chi connectivity index (χ0v) is 11.9. The van der Waals surface area contributed by atoms with Gasteiger partial charge in [-0.15, -0.1) is 0 Å². The summed E-state index contributed by atoms with van der Waals surface area (Å²) in [5.41, 5.74) is 0.287. The summed E-state index contributed by atoms with van der Waals surface area (Å²) in [7, 11) is 0.